The molecule has 0 radical (unpaired) electrons. The predicted molar refractivity (Wildman–Crippen MR) is 70.8 cm³/mol. The van der Waals surface area contributed by atoms with Crippen molar-refractivity contribution in [3.63, 3.8) is 0 Å². The summed E-state index contributed by atoms with van der Waals surface area (Å²) in [6, 6.07) is 1.71. The summed E-state index contributed by atoms with van der Waals surface area (Å²) in [4.78, 5) is 11.4. The van der Waals surface area contributed by atoms with Crippen molar-refractivity contribution in [2.45, 2.75) is 19.1 Å². The molecule has 102 valence electrons. The molecule has 0 aromatic carbocycles. The molecule has 1 rings (SSSR count). The van der Waals surface area contributed by atoms with E-state index in [4.69, 9.17) is 4.42 Å². The Morgan fingerprint density at radius 1 is 1.67 bits per heavy atom. The number of carbonyl (C=O) groups excluding carboxylic acids is 1. The van der Waals surface area contributed by atoms with Gasteiger partial charge in [-0.05, 0) is 19.2 Å². The minimum atomic E-state index is -0.769. The molecule has 1 aromatic heterocycles. The Hall–Kier alpha value is -0.980. The molecular formula is C12H19NO4S. The SMILES string of the molecule is COC(=O)c1occc1CNCC(C)(O)CSC. The number of carbonyl (C=O) groups is 1. The summed E-state index contributed by atoms with van der Waals surface area (Å²) < 4.78 is 9.67. The number of thioether (sulfide) groups is 1. The van der Waals surface area contributed by atoms with Crippen LogP contribution in [0.1, 0.15) is 23.0 Å². The molecule has 0 spiro atoms. The number of aliphatic hydroxyl groups is 1. The molecule has 0 aliphatic heterocycles. The molecule has 0 bridgehead atoms. The lowest BCUT2D eigenvalue weighted by Gasteiger charge is -2.22. The molecule has 0 aliphatic carbocycles. The fraction of sp³-hybridized carbons (Fsp3) is 0.583. The van der Waals surface area contributed by atoms with Gasteiger partial charge in [-0.25, -0.2) is 4.79 Å². The van der Waals surface area contributed by atoms with E-state index in [9.17, 15) is 9.90 Å². The molecule has 1 atom stereocenters. The van der Waals surface area contributed by atoms with Crippen molar-refractivity contribution in [3.8, 4) is 0 Å². The normalized spacial score (nSPS) is 14.2. The van der Waals surface area contributed by atoms with Gasteiger partial charge in [-0.3, -0.25) is 0 Å². The maximum absolute atomic E-state index is 11.4. The van der Waals surface area contributed by atoms with E-state index in [1.165, 1.54) is 13.4 Å². The fourth-order valence-electron chi connectivity index (χ4n) is 1.58. The summed E-state index contributed by atoms with van der Waals surface area (Å²) in [5.41, 5.74) is -0.0454. The molecule has 5 nitrogen and oxygen atoms in total. The van der Waals surface area contributed by atoms with E-state index in [-0.39, 0.29) is 5.76 Å². The molecule has 0 amide bonds. The number of ether oxygens (including phenoxy) is 1. The molecule has 18 heavy (non-hydrogen) atoms. The van der Waals surface area contributed by atoms with E-state index in [1.54, 1.807) is 24.8 Å². The Morgan fingerprint density at radius 2 is 2.39 bits per heavy atom. The van der Waals surface area contributed by atoms with Crippen molar-refractivity contribution in [2.75, 3.05) is 25.7 Å². The van der Waals surface area contributed by atoms with Gasteiger partial charge in [0.1, 0.15) is 0 Å². The van der Waals surface area contributed by atoms with Crippen molar-refractivity contribution >= 4 is 17.7 Å². The highest BCUT2D eigenvalue weighted by Gasteiger charge is 2.20. The van der Waals surface area contributed by atoms with Crippen LogP contribution in [0.2, 0.25) is 0 Å². The second kappa shape index (κ2) is 6.82. The Labute approximate surface area is 111 Å². The third kappa shape index (κ3) is 4.36. The van der Waals surface area contributed by atoms with Crippen LogP contribution < -0.4 is 5.32 Å². The van der Waals surface area contributed by atoms with E-state index in [2.05, 4.69) is 10.1 Å². The number of methoxy groups -OCH3 is 1. The van der Waals surface area contributed by atoms with Crippen LogP contribution in [0, 0.1) is 0 Å². The van der Waals surface area contributed by atoms with Gasteiger partial charge in [-0.1, -0.05) is 0 Å². The summed E-state index contributed by atoms with van der Waals surface area (Å²) in [7, 11) is 1.31. The van der Waals surface area contributed by atoms with Gasteiger partial charge in [0, 0.05) is 24.4 Å². The first-order chi connectivity index (χ1) is 8.50. The van der Waals surface area contributed by atoms with Gasteiger partial charge in [0.2, 0.25) is 5.76 Å². The number of furan rings is 1. The highest BCUT2D eigenvalue weighted by molar-refractivity contribution is 7.98. The van der Waals surface area contributed by atoms with E-state index in [0.717, 1.165) is 5.56 Å². The molecule has 0 saturated carbocycles. The van der Waals surface area contributed by atoms with Crippen LogP contribution >= 0.6 is 11.8 Å². The fourth-order valence-corrected chi connectivity index (χ4v) is 2.30. The molecule has 1 heterocycles. The van der Waals surface area contributed by atoms with Crippen LogP contribution in [0.15, 0.2) is 16.7 Å². The molecule has 0 aliphatic rings. The number of nitrogens with one attached hydrogen (secondary N) is 1. The van der Waals surface area contributed by atoms with E-state index in [1.807, 2.05) is 6.26 Å². The molecule has 1 aromatic rings. The topological polar surface area (TPSA) is 71.7 Å². The summed E-state index contributed by atoms with van der Waals surface area (Å²) in [5.74, 6) is 0.358. The maximum Gasteiger partial charge on any atom is 0.374 e. The first-order valence-electron chi connectivity index (χ1n) is 5.57. The molecule has 6 heteroatoms. The zero-order valence-electron chi connectivity index (χ0n) is 10.9. The minimum absolute atomic E-state index is 0.203. The Balaban J connectivity index is 2.49. The summed E-state index contributed by atoms with van der Waals surface area (Å²) >= 11 is 1.59. The zero-order valence-corrected chi connectivity index (χ0v) is 11.7. The number of esters is 1. The predicted octanol–water partition coefficient (Wildman–Crippen LogP) is 1.27. The highest BCUT2D eigenvalue weighted by atomic mass is 32.2. The van der Waals surface area contributed by atoms with Gasteiger partial charge in [0.15, 0.2) is 0 Å². The minimum Gasteiger partial charge on any atom is -0.463 e. The van der Waals surface area contributed by atoms with Gasteiger partial charge < -0.3 is 19.6 Å². The second-order valence-electron chi connectivity index (χ2n) is 4.30. The lowest BCUT2D eigenvalue weighted by atomic mass is 10.1. The molecule has 0 saturated heterocycles. The number of hydrogen-bond donors (Lipinski definition) is 2. The molecular weight excluding hydrogens is 254 g/mol. The lowest BCUT2D eigenvalue weighted by molar-refractivity contribution is 0.0563. The van der Waals surface area contributed by atoms with Gasteiger partial charge in [0.05, 0.1) is 19.0 Å². The Kier molecular flexibility index (Phi) is 5.71. The summed E-state index contributed by atoms with van der Waals surface area (Å²) in [5, 5.41) is 13.1. The number of hydrogen-bond acceptors (Lipinski definition) is 6. The third-order valence-electron chi connectivity index (χ3n) is 2.39. The van der Waals surface area contributed by atoms with Crippen molar-refractivity contribution in [2.24, 2.45) is 0 Å². The first-order valence-corrected chi connectivity index (χ1v) is 6.96. The largest absolute Gasteiger partial charge is 0.463 e. The van der Waals surface area contributed by atoms with Gasteiger partial charge in [0.25, 0.3) is 0 Å². The second-order valence-corrected chi connectivity index (χ2v) is 5.17. The summed E-state index contributed by atoms with van der Waals surface area (Å²) in [6.45, 7) is 2.66. The van der Waals surface area contributed by atoms with E-state index >= 15 is 0 Å². The van der Waals surface area contributed by atoms with Gasteiger partial charge in [-0.2, -0.15) is 11.8 Å². The Morgan fingerprint density at radius 3 is 3.00 bits per heavy atom. The zero-order chi connectivity index (χ0) is 13.6. The number of rotatable bonds is 7. The van der Waals surface area contributed by atoms with Crippen LogP contribution in [0.4, 0.5) is 0 Å². The maximum atomic E-state index is 11.4. The van der Waals surface area contributed by atoms with E-state index < -0.39 is 11.6 Å². The quantitative estimate of drug-likeness (QED) is 0.729. The molecule has 2 N–H and O–H groups in total. The lowest BCUT2D eigenvalue weighted by Crippen LogP contribution is -2.39. The van der Waals surface area contributed by atoms with Gasteiger partial charge in [-0.15, -0.1) is 0 Å². The van der Waals surface area contributed by atoms with Crippen LogP contribution in [-0.2, 0) is 11.3 Å². The van der Waals surface area contributed by atoms with Crippen LogP contribution in [0.25, 0.3) is 0 Å². The van der Waals surface area contributed by atoms with E-state index in [0.29, 0.717) is 18.8 Å². The third-order valence-corrected chi connectivity index (χ3v) is 3.30. The van der Waals surface area contributed by atoms with Crippen LogP contribution in [-0.4, -0.2) is 42.3 Å². The standard InChI is InChI=1S/C12H19NO4S/c1-12(15,8-18-3)7-13-6-9-4-5-17-10(9)11(14)16-2/h4-5,13,15H,6-8H2,1-3H3. The van der Waals surface area contributed by atoms with Crippen LogP contribution in [0.5, 0.6) is 0 Å². The van der Waals surface area contributed by atoms with Crippen molar-refractivity contribution < 1.29 is 19.1 Å². The Bertz CT molecular complexity index is 389. The molecule has 1 unspecified atom stereocenters. The van der Waals surface area contributed by atoms with Gasteiger partial charge >= 0.3 is 5.97 Å². The monoisotopic (exact) mass is 273 g/mol. The highest BCUT2D eigenvalue weighted by Crippen LogP contribution is 2.13. The van der Waals surface area contributed by atoms with Crippen molar-refractivity contribution in [3.05, 3.63) is 23.7 Å². The van der Waals surface area contributed by atoms with Crippen molar-refractivity contribution in [1.29, 1.82) is 0 Å². The average molecular weight is 273 g/mol. The van der Waals surface area contributed by atoms with Crippen LogP contribution in [0.3, 0.4) is 0 Å². The molecule has 0 fully saturated rings. The first kappa shape index (κ1) is 15.1. The smallest absolute Gasteiger partial charge is 0.374 e. The van der Waals surface area contributed by atoms with Crippen molar-refractivity contribution in [1.82, 2.24) is 5.32 Å². The average Bonchev–Trinajstić information content (AvgIpc) is 2.76. The summed E-state index contributed by atoms with van der Waals surface area (Å²) in [6.07, 6.45) is 3.39.